The maximum atomic E-state index is 9.47. The average molecular weight is 236 g/mol. The lowest BCUT2D eigenvalue weighted by Gasteiger charge is -1.94. The molecule has 1 heterocycles. The number of rotatable bonds is 1. The molecule has 0 aliphatic rings. The van der Waals surface area contributed by atoms with Crippen LogP contribution >= 0.6 is 7.82 Å². The van der Waals surface area contributed by atoms with Gasteiger partial charge in [0.25, 0.3) is 8.05 Å². The number of aromatic nitrogens is 3. The fourth-order valence-corrected chi connectivity index (χ4v) is 0.427. The molecule has 0 radical (unpaired) electrons. The molecular formula is C3H10BN6O4P. The molecule has 0 spiro atoms. The van der Waals surface area contributed by atoms with Crippen LogP contribution < -0.4 is 17.2 Å². The predicted molar refractivity (Wildman–Crippen MR) is 54.7 cm³/mol. The molecule has 1 aromatic rings. The van der Waals surface area contributed by atoms with Crippen molar-refractivity contribution in [2.45, 2.75) is 0 Å². The minimum atomic E-state index is -4.15. The molecule has 10 nitrogen and oxygen atoms in total. The molecule has 0 amide bonds. The second-order valence-electron chi connectivity index (χ2n) is 2.08. The summed E-state index contributed by atoms with van der Waals surface area (Å²) in [6.45, 7) is 0. The highest BCUT2D eigenvalue weighted by molar-refractivity contribution is 7.47. The first kappa shape index (κ1) is 13.6. The van der Waals surface area contributed by atoms with Gasteiger partial charge in [-0.15, -0.1) is 0 Å². The Bertz CT molecular complexity index is 319. The summed E-state index contributed by atoms with van der Waals surface area (Å²) in [4.78, 5) is 25.9. The number of anilines is 3. The van der Waals surface area contributed by atoms with Crippen LogP contribution in [0.25, 0.3) is 0 Å². The van der Waals surface area contributed by atoms with E-state index in [9.17, 15) is 4.57 Å². The maximum Gasteiger partial charge on any atom is 0.454 e. The third kappa shape index (κ3) is 7.64. The lowest BCUT2D eigenvalue weighted by atomic mass is 10.6. The molecule has 0 fully saturated rings. The summed E-state index contributed by atoms with van der Waals surface area (Å²) in [6.07, 6.45) is 0. The quantitative estimate of drug-likeness (QED) is 0.253. The van der Waals surface area contributed by atoms with Gasteiger partial charge in [0.2, 0.25) is 17.8 Å². The Morgan fingerprint density at radius 1 is 1.07 bits per heavy atom. The van der Waals surface area contributed by atoms with Crippen molar-refractivity contribution in [1.29, 1.82) is 0 Å². The lowest BCUT2D eigenvalue weighted by molar-refractivity contribution is 0.292. The number of nitrogens with zero attached hydrogens (tertiary/aromatic N) is 3. The van der Waals surface area contributed by atoms with Gasteiger partial charge in [-0.25, -0.2) is 4.57 Å². The van der Waals surface area contributed by atoms with Crippen LogP contribution in [0.4, 0.5) is 17.8 Å². The fraction of sp³-hybridized carbons (Fsp3) is 0. The van der Waals surface area contributed by atoms with E-state index in [1.807, 2.05) is 0 Å². The molecule has 0 bridgehead atoms. The van der Waals surface area contributed by atoms with Gasteiger partial charge < -0.3 is 31.4 Å². The van der Waals surface area contributed by atoms with Crippen LogP contribution in [0.15, 0.2) is 0 Å². The maximum absolute atomic E-state index is 9.47. The van der Waals surface area contributed by atoms with Crippen LogP contribution in [-0.4, -0.2) is 32.8 Å². The minimum Gasteiger partial charge on any atom is -0.368 e. The average Bonchev–Trinajstić information content (AvgIpc) is 2.01. The molecule has 12 heteroatoms. The van der Waals surface area contributed by atoms with Crippen molar-refractivity contribution in [3.8, 4) is 0 Å². The molecule has 0 saturated heterocycles. The molecule has 0 aromatic carbocycles. The highest BCUT2D eigenvalue weighted by Crippen LogP contribution is 2.33. The third-order valence-electron chi connectivity index (χ3n) is 0.925. The van der Waals surface area contributed by atoms with Crippen molar-refractivity contribution in [2.75, 3.05) is 17.2 Å². The fourth-order valence-electron chi connectivity index (χ4n) is 0.427. The largest absolute Gasteiger partial charge is 0.454 e. The lowest BCUT2D eigenvalue weighted by Crippen LogP contribution is -2.05. The number of phosphoric acid groups is 1. The summed E-state index contributed by atoms with van der Waals surface area (Å²) < 4.78 is 13.1. The monoisotopic (exact) mass is 236 g/mol. The summed E-state index contributed by atoms with van der Waals surface area (Å²) in [6, 6.07) is 0. The zero-order chi connectivity index (χ0) is 12.1. The highest BCUT2D eigenvalue weighted by atomic mass is 31.2. The Morgan fingerprint density at radius 3 is 1.40 bits per heavy atom. The van der Waals surface area contributed by atoms with Gasteiger partial charge in [0, 0.05) is 0 Å². The highest BCUT2D eigenvalue weighted by Gasteiger charge is 2.06. The Morgan fingerprint density at radius 2 is 1.27 bits per heavy atom. The number of nitrogens with two attached hydrogens (primary N) is 3. The van der Waals surface area contributed by atoms with Crippen LogP contribution in [0.3, 0.4) is 0 Å². The molecule has 0 unspecified atom stereocenters. The van der Waals surface area contributed by atoms with Crippen molar-refractivity contribution in [3.05, 3.63) is 0 Å². The second kappa shape index (κ2) is 5.46. The van der Waals surface area contributed by atoms with Gasteiger partial charge in [-0.2, -0.15) is 15.0 Å². The van der Waals surface area contributed by atoms with Gasteiger partial charge in [0.1, 0.15) is 0 Å². The van der Waals surface area contributed by atoms with E-state index in [1.165, 1.54) is 0 Å². The smallest absolute Gasteiger partial charge is 0.368 e. The molecule has 8 N–H and O–H groups in total. The topological polar surface area (TPSA) is 183 Å². The number of hydrogen-bond acceptors (Lipinski definition) is 8. The third-order valence-corrected chi connectivity index (χ3v) is 1.40. The number of nitrogen functional groups attached to an aromatic ring is 3. The van der Waals surface area contributed by atoms with Crippen molar-refractivity contribution >= 4 is 33.7 Å². The van der Waals surface area contributed by atoms with Crippen LogP contribution in [0, 0.1) is 0 Å². The molecule has 0 aliphatic carbocycles. The van der Waals surface area contributed by atoms with Crippen molar-refractivity contribution in [3.63, 3.8) is 0 Å². The van der Waals surface area contributed by atoms with E-state index in [-0.39, 0.29) is 17.8 Å². The van der Waals surface area contributed by atoms with E-state index in [2.05, 4.69) is 19.4 Å². The van der Waals surface area contributed by atoms with Crippen molar-refractivity contribution in [1.82, 2.24) is 15.0 Å². The van der Waals surface area contributed by atoms with Crippen molar-refractivity contribution < 1.29 is 18.8 Å². The van der Waals surface area contributed by atoms with Crippen LogP contribution in [0.2, 0.25) is 0 Å². The van der Waals surface area contributed by atoms with E-state index in [1.54, 1.807) is 0 Å². The second-order valence-corrected chi connectivity index (χ2v) is 3.43. The van der Waals surface area contributed by atoms with E-state index in [4.69, 9.17) is 27.0 Å². The van der Waals surface area contributed by atoms with E-state index >= 15 is 0 Å². The molecule has 84 valence electrons. The molecule has 15 heavy (non-hydrogen) atoms. The zero-order valence-corrected chi connectivity index (χ0v) is 8.63. The first-order valence-corrected chi connectivity index (χ1v) is 4.91. The van der Waals surface area contributed by atoms with Gasteiger partial charge in [-0.1, -0.05) is 0 Å². The Hall–Kier alpha value is -1.42. The van der Waals surface area contributed by atoms with Gasteiger partial charge in [-0.05, 0) is 0 Å². The first-order chi connectivity index (χ1) is 6.74. The van der Waals surface area contributed by atoms with Crippen LogP contribution in [-0.2, 0) is 9.01 Å². The summed E-state index contributed by atoms with van der Waals surface area (Å²) in [5.41, 5.74) is 15.4. The minimum absolute atomic E-state index is 0.0417. The van der Waals surface area contributed by atoms with Crippen molar-refractivity contribution in [2.24, 2.45) is 0 Å². The van der Waals surface area contributed by atoms with Gasteiger partial charge in [-0.3, -0.25) is 0 Å². The Balaban J connectivity index is 0.000000288. The summed E-state index contributed by atoms with van der Waals surface area (Å²) >= 11 is 0. The van der Waals surface area contributed by atoms with Gasteiger partial charge >= 0.3 is 7.82 Å². The molecular weight excluding hydrogens is 226 g/mol. The summed E-state index contributed by atoms with van der Waals surface area (Å²) in [5, 5.41) is 0. The molecule has 1 aromatic heterocycles. The summed E-state index contributed by atoms with van der Waals surface area (Å²) in [7, 11) is -3.20. The predicted octanol–water partition coefficient (Wildman–Crippen LogP) is -2.74. The molecule has 0 saturated carbocycles. The number of hydrogen-bond donors (Lipinski definition) is 5. The first-order valence-electron chi connectivity index (χ1n) is 3.38. The SMILES string of the molecule is BOP(=O)(O)O.Nc1nc(N)nc(N)n1. The molecule has 0 aliphatic heterocycles. The zero-order valence-electron chi connectivity index (χ0n) is 7.73. The van der Waals surface area contributed by atoms with Crippen LogP contribution in [0.5, 0.6) is 0 Å². The Kier molecular flexibility index (Phi) is 4.95. The van der Waals surface area contributed by atoms with Crippen LogP contribution in [0.1, 0.15) is 0 Å². The normalized spacial score (nSPS) is 10.3. The molecule has 1 rings (SSSR count). The van der Waals surface area contributed by atoms with E-state index in [0.29, 0.717) is 0 Å². The Labute approximate surface area is 85.6 Å². The summed E-state index contributed by atoms with van der Waals surface area (Å²) in [5.74, 6) is 0.125. The van der Waals surface area contributed by atoms with E-state index in [0.717, 1.165) is 8.05 Å². The molecule has 0 atom stereocenters. The van der Waals surface area contributed by atoms with Gasteiger partial charge in [0.05, 0.1) is 0 Å². The van der Waals surface area contributed by atoms with Gasteiger partial charge in [0.15, 0.2) is 0 Å². The van der Waals surface area contributed by atoms with E-state index < -0.39 is 7.82 Å². The standard InChI is InChI=1S/C3H6N6.BH4O4P/c4-1-7-2(5)9-3(6)8-1;1-5-6(2,3)4/h(H6,4,5,6,7,8,9);1H2,(H2,2,3,4).